The molecule has 0 spiro atoms. The molecule has 134 valence electrons. The second-order valence-corrected chi connectivity index (χ2v) is 6.84. The van der Waals surface area contributed by atoms with Gasteiger partial charge in [0.1, 0.15) is 17.0 Å². The fourth-order valence-electron chi connectivity index (χ4n) is 3.03. The molecule has 6 nitrogen and oxygen atoms in total. The first-order valence-corrected chi connectivity index (χ1v) is 8.49. The van der Waals surface area contributed by atoms with Gasteiger partial charge in [-0.2, -0.15) is 0 Å². The monoisotopic (exact) mass is 345 g/mol. The number of hydrogen-bond donors (Lipinski definition) is 1. The van der Waals surface area contributed by atoms with E-state index in [1.165, 1.54) is 6.92 Å². The van der Waals surface area contributed by atoms with Crippen LogP contribution in [0.5, 0.6) is 5.75 Å². The average Bonchev–Trinajstić information content (AvgIpc) is 2.56. The van der Waals surface area contributed by atoms with Crippen LogP contribution in [0.2, 0.25) is 0 Å². The number of fused-ring (bicyclic) bond motifs is 1. The maximum Gasteiger partial charge on any atom is 0.360 e. The minimum Gasteiger partial charge on any atom is -0.465 e. The SMILES string of the molecule is CC(=O)Nc1cc2ccc(OC3OC[C@H](C)[C@@H](C)[C@@H]3C)cc2oc1=O. The van der Waals surface area contributed by atoms with Crippen LogP contribution in [0.15, 0.2) is 33.5 Å². The van der Waals surface area contributed by atoms with E-state index in [1.807, 2.05) is 0 Å². The number of benzene rings is 1. The summed E-state index contributed by atoms with van der Waals surface area (Å²) in [6.07, 6.45) is -0.325. The van der Waals surface area contributed by atoms with Crippen molar-refractivity contribution >= 4 is 22.6 Å². The lowest BCUT2D eigenvalue weighted by Gasteiger charge is -2.38. The van der Waals surface area contributed by atoms with Crippen molar-refractivity contribution in [1.82, 2.24) is 0 Å². The molecule has 25 heavy (non-hydrogen) atoms. The topological polar surface area (TPSA) is 77.8 Å². The van der Waals surface area contributed by atoms with E-state index in [9.17, 15) is 9.59 Å². The molecule has 2 heterocycles. The highest BCUT2D eigenvalue weighted by atomic mass is 16.7. The quantitative estimate of drug-likeness (QED) is 0.863. The standard InChI is InChI=1S/C19H23NO5/c1-10-9-23-19(12(3)11(10)2)24-15-6-5-14-7-16(20-13(4)21)18(22)25-17(14)8-15/h5-8,10-12,19H,9H2,1-4H3,(H,20,21)/t10-,11+,12-,19?/m0/s1. The van der Waals surface area contributed by atoms with E-state index in [2.05, 4.69) is 26.1 Å². The van der Waals surface area contributed by atoms with Crippen LogP contribution in [-0.4, -0.2) is 18.8 Å². The number of carbonyl (C=O) groups excluding carboxylic acids is 1. The Hall–Kier alpha value is -2.34. The summed E-state index contributed by atoms with van der Waals surface area (Å²) in [5, 5.41) is 3.17. The van der Waals surface area contributed by atoms with Gasteiger partial charge in [0.15, 0.2) is 0 Å². The highest BCUT2D eigenvalue weighted by molar-refractivity contribution is 5.91. The van der Waals surface area contributed by atoms with E-state index >= 15 is 0 Å². The first-order valence-electron chi connectivity index (χ1n) is 8.49. The molecule has 1 aromatic carbocycles. The van der Waals surface area contributed by atoms with E-state index < -0.39 is 5.63 Å². The molecule has 6 heteroatoms. The van der Waals surface area contributed by atoms with Crippen LogP contribution in [0.1, 0.15) is 27.7 Å². The van der Waals surface area contributed by atoms with Gasteiger partial charge in [0.2, 0.25) is 12.2 Å². The molecule has 1 N–H and O–H groups in total. The average molecular weight is 345 g/mol. The van der Waals surface area contributed by atoms with Gasteiger partial charge in [-0.05, 0) is 30.0 Å². The molecule has 1 unspecified atom stereocenters. The first-order chi connectivity index (χ1) is 11.8. The molecule has 1 aliphatic heterocycles. The fourth-order valence-corrected chi connectivity index (χ4v) is 3.03. The molecule has 1 aliphatic rings. The summed E-state index contributed by atoms with van der Waals surface area (Å²) in [6, 6.07) is 6.86. The van der Waals surface area contributed by atoms with Gasteiger partial charge < -0.3 is 19.2 Å². The van der Waals surface area contributed by atoms with Crippen LogP contribution in [0, 0.1) is 17.8 Å². The molecular weight excluding hydrogens is 322 g/mol. The largest absolute Gasteiger partial charge is 0.465 e. The lowest BCUT2D eigenvalue weighted by molar-refractivity contribution is -0.171. The summed E-state index contributed by atoms with van der Waals surface area (Å²) in [5.41, 5.74) is -0.0632. The van der Waals surface area contributed by atoms with Gasteiger partial charge in [-0.25, -0.2) is 4.79 Å². The van der Waals surface area contributed by atoms with Crippen molar-refractivity contribution in [2.24, 2.45) is 17.8 Å². The normalized spacial score (nSPS) is 26.4. The number of anilines is 1. The van der Waals surface area contributed by atoms with Crippen molar-refractivity contribution in [2.45, 2.75) is 34.0 Å². The summed E-state index contributed by atoms with van der Waals surface area (Å²) in [5.74, 6) is 1.52. The molecule has 0 bridgehead atoms. The maximum absolute atomic E-state index is 12.0. The Morgan fingerprint density at radius 3 is 2.68 bits per heavy atom. The molecule has 1 amide bonds. The van der Waals surface area contributed by atoms with Crippen molar-refractivity contribution in [3.05, 3.63) is 34.7 Å². The minimum absolute atomic E-state index is 0.126. The van der Waals surface area contributed by atoms with E-state index in [0.717, 1.165) is 0 Å². The van der Waals surface area contributed by atoms with Crippen molar-refractivity contribution in [2.75, 3.05) is 11.9 Å². The molecule has 1 aromatic heterocycles. The third kappa shape index (κ3) is 3.69. The second-order valence-electron chi connectivity index (χ2n) is 6.84. The zero-order valence-corrected chi connectivity index (χ0v) is 14.9. The second kappa shape index (κ2) is 6.88. The van der Waals surface area contributed by atoms with E-state index in [1.54, 1.807) is 24.3 Å². The van der Waals surface area contributed by atoms with Gasteiger partial charge in [0.25, 0.3) is 0 Å². The number of carbonyl (C=O) groups is 1. The molecule has 1 saturated heterocycles. The number of ether oxygens (including phenoxy) is 2. The van der Waals surface area contributed by atoms with Gasteiger partial charge in [0, 0.05) is 24.3 Å². The number of hydrogen-bond acceptors (Lipinski definition) is 5. The summed E-state index contributed by atoms with van der Waals surface area (Å²) >= 11 is 0. The van der Waals surface area contributed by atoms with Crippen molar-refractivity contribution in [3.63, 3.8) is 0 Å². The molecule has 1 fully saturated rings. The molecular formula is C19H23NO5. The predicted octanol–water partition coefficient (Wildman–Crippen LogP) is 3.39. The van der Waals surface area contributed by atoms with E-state index in [0.29, 0.717) is 35.2 Å². The Bertz CT molecular complexity index is 843. The van der Waals surface area contributed by atoms with Crippen LogP contribution in [0.4, 0.5) is 5.69 Å². The smallest absolute Gasteiger partial charge is 0.360 e. The maximum atomic E-state index is 12.0. The lowest BCUT2D eigenvalue weighted by Crippen LogP contribution is -2.41. The number of amides is 1. The van der Waals surface area contributed by atoms with Gasteiger partial charge in [0.05, 0.1) is 6.61 Å². The van der Waals surface area contributed by atoms with Crippen LogP contribution in [-0.2, 0) is 9.53 Å². The Kier molecular flexibility index (Phi) is 4.81. The summed E-state index contributed by atoms with van der Waals surface area (Å²) < 4.78 is 17.1. The minimum atomic E-state index is -0.593. The third-order valence-electron chi connectivity index (χ3n) is 4.95. The Morgan fingerprint density at radius 2 is 1.96 bits per heavy atom. The number of rotatable bonds is 3. The summed E-state index contributed by atoms with van der Waals surface area (Å²) in [4.78, 5) is 23.1. The fraction of sp³-hybridized carbons (Fsp3) is 0.474. The molecule has 4 atom stereocenters. The van der Waals surface area contributed by atoms with Crippen molar-refractivity contribution in [1.29, 1.82) is 0 Å². The summed E-state index contributed by atoms with van der Waals surface area (Å²) in [6.45, 7) is 8.50. The van der Waals surface area contributed by atoms with Gasteiger partial charge in [-0.3, -0.25) is 4.79 Å². The Labute approximate surface area is 146 Å². The van der Waals surface area contributed by atoms with Crippen molar-refractivity contribution < 1.29 is 18.7 Å². The van der Waals surface area contributed by atoms with E-state index in [4.69, 9.17) is 13.9 Å². The van der Waals surface area contributed by atoms with Crippen LogP contribution < -0.4 is 15.7 Å². The van der Waals surface area contributed by atoms with Gasteiger partial charge >= 0.3 is 5.63 Å². The van der Waals surface area contributed by atoms with Crippen LogP contribution in [0.25, 0.3) is 11.0 Å². The number of nitrogens with one attached hydrogen (secondary N) is 1. The molecule has 0 aliphatic carbocycles. The van der Waals surface area contributed by atoms with Gasteiger partial charge in [-0.1, -0.05) is 20.8 Å². The predicted molar refractivity (Wildman–Crippen MR) is 94.6 cm³/mol. The Morgan fingerprint density at radius 1 is 1.20 bits per heavy atom. The van der Waals surface area contributed by atoms with Crippen LogP contribution >= 0.6 is 0 Å². The third-order valence-corrected chi connectivity index (χ3v) is 4.95. The highest BCUT2D eigenvalue weighted by Gasteiger charge is 2.34. The lowest BCUT2D eigenvalue weighted by atomic mass is 9.83. The zero-order chi connectivity index (χ0) is 18.1. The molecule has 0 radical (unpaired) electrons. The molecule has 3 rings (SSSR count). The zero-order valence-electron chi connectivity index (χ0n) is 14.9. The summed E-state index contributed by atoms with van der Waals surface area (Å²) in [7, 11) is 0. The van der Waals surface area contributed by atoms with E-state index in [-0.39, 0.29) is 23.8 Å². The molecule has 2 aromatic rings. The van der Waals surface area contributed by atoms with Gasteiger partial charge in [-0.15, -0.1) is 0 Å². The first kappa shape index (κ1) is 17.5. The Balaban J connectivity index is 1.84. The van der Waals surface area contributed by atoms with Crippen LogP contribution in [0.3, 0.4) is 0 Å². The highest BCUT2D eigenvalue weighted by Crippen LogP contribution is 2.32. The molecule has 0 saturated carbocycles. The van der Waals surface area contributed by atoms with Crippen molar-refractivity contribution in [3.8, 4) is 5.75 Å².